The molecule has 0 radical (unpaired) electrons. The van der Waals surface area contributed by atoms with Gasteiger partial charge >= 0.3 is 0 Å². The third-order valence-electron chi connectivity index (χ3n) is 4.96. The monoisotopic (exact) mass is 351 g/mol. The van der Waals surface area contributed by atoms with Crippen molar-refractivity contribution in [1.82, 2.24) is 14.5 Å². The molecular formula is C19H25N7. The van der Waals surface area contributed by atoms with Gasteiger partial charge in [0.1, 0.15) is 0 Å². The van der Waals surface area contributed by atoms with Gasteiger partial charge in [-0.3, -0.25) is 5.43 Å². The first-order valence-electron chi connectivity index (χ1n) is 8.90. The van der Waals surface area contributed by atoms with Gasteiger partial charge in [0.15, 0.2) is 0 Å². The van der Waals surface area contributed by atoms with Crippen LogP contribution in [0, 0.1) is 0 Å². The van der Waals surface area contributed by atoms with Crippen LogP contribution >= 0.6 is 0 Å². The van der Waals surface area contributed by atoms with Crippen LogP contribution in [0.4, 0.5) is 17.1 Å². The Bertz CT molecular complexity index is 976. The number of nitrogens with one attached hydrogen (secondary N) is 2. The molecule has 4 rings (SSSR count). The van der Waals surface area contributed by atoms with E-state index in [9.17, 15) is 0 Å². The lowest BCUT2D eigenvalue weighted by atomic mass is 10.2. The highest BCUT2D eigenvalue weighted by molar-refractivity contribution is 5.79. The largest absolute Gasteiger partial charge is 0.399 e. The summed E-state index contributed by atoms with van der Waals surface area (Å²) < 4.78 is 4.09. The molecule has 0 unspecified atom stereocenters. The number of aryl methyl sites for hydroxylation is 2. The molecule has 0 spiro atoms. The first kappa shape index (κ1) is 16.5. The van der Waals surface area contributed by atoms with E-state index in [2.05, 4.69) is 49.6 Å². The molecule has 2 heterocycles. The normalized spacial score (nSPS) is 15.6. The van der Waals surface area contributed by atoms with Gasteiger partial charge in [-0.05, 0) is 42.5 Å². The lowest BCUT2D eigenvalue weighted by molar-refractivity contribution is 0.589. The number of aromatic nitrogens is 2. The molecule has 1 aliphatic heterocycles. The number of hydrogen-bond acceptors (Lipinski definition) is 5. The Balaban J connectivity index is 1.59. The molecule has 1 aliphatic rings. The molecule has 3 aromatic rings. The van der Waals surface area contributed by atoms with Crippen molar-refractivity contribution in [1.29, 1.82) is 0 Å². The quantitative estimate of drug-likeness (QED) is 0.493. The zero-order valence-electron chi connectivity index (χ0n) is 15.2. The van der Waals surface area contributed by atoms with Gasteiger partial charge in [-0.25, -0.2) is 0 Å². The summed E-state index contributed by atoms with van der Waals surface area (Å²) in [5, 5.41) is 7.97. The summed E-state index contributed by atoms with van der Waals surface area (Å²) in [5.74, 6) is 0. The Hall–Kier alpha value is -2.93. The van der Waals surface area contributed by atoms with Gasteiger partial charge in [0.25, 0.3) is 0 Å². The van der Waals surface area contributed by atoms with Crippen LogP contribution in [0.15, 0.2) is 47.6 Å². The summed E-state index contributed by atoms with van der Waals surface area (Å²) in [5.41, 5.74) is 15.0. The molecule has 136 valence electrons. The average Bonchev–Trinajstić information content (AvgIpc) is 2.91. The topological polar surface area (TPSA) is 75.5 Å². The molecule has 0 saturated carbocycles. The number of nitrogens with zero attached hydrogens (tertiary/aromatic N) is 4. The Morgan fingerprint density at radius 3 is 2.38 bits per heavy atom. The molecule has 26 heavy (non-hydrogen) atoms. The molecule has 4 N–H and O–H groups in total. The molecule has 0 amide bonds. The predicted molar refractivity (Wildman–Crippen MR) is 107 cm³/mol. The standard InChI is InChI=1S/C19H25N7/c1-24-17-8-3-14(20)13-18(17)25(2)19(24)23-22-15-4-6-16(7-5-15)26-11-9-21-10-12-26/h3-8,13,21-22H,9-12,20H2,1-2H3. The summed E-state index contributed by atoms with van der Waals surface area (Å²) in [6.07, 6.45) is 0. The van der Waals surface area contributed by atoms with Crippen LogP contribution in [0.2, 0.25) is 0 Å². The second-order valence-electron chi connectivity index (χ2n) is 6.67. The van der Waals surface area contributed by atoms with Crippen molar-refractivity contribution in [2.45, 2.75) is 0 Å². The molecule has 0 bridgehead atoms. The summed E-state index contributed by atoms with van der Waals surface area (Å²) in [4.78, 5) is 2.39. The highest BCUT2D eigenvalue weighted by Gasteiger charge is 2.10. The van der Waals surface area contributed by atoms with Gasteiger partial charge in [-0.1, -0.05) is 0 Å². The van der Waals surface area contributed by atoms with Crippen LogP contribution in [-0.2, 0) is 14.1 Å². The van der Waals surface area contributed by atoms with E-state index in [1.54, 1.807) is 0 Å². The van der Waals surface area contributed by atoms with E-state index in [0.717, 1.165) is 54.2 Å². The number of rotatable bonds is 3. The molecule has 2 aromatic carbocycles. The van der Waals surface area contributed by atoms with Crippen LogP contribution < -0.4 is 27.0 Å². The maximum atomic E-state index is 5.92. The van der Waals surface area contributed by atoms with Gasteiger partial charge < -0.3 is 25.1 Å². The average molecular weight is 351 g/mol. The molecule has 1 saturated heterocycles. The van der Waals surface area contributed by atoms with Crippen molar-refractivity contribution >= 4 is 28.1 Å². The SMILES string of the molecule is Cn1c(=NNc2ccc(N3CCNCC3)cc2)n(C)c2cc(N)ccc21. The predicted octanol–water partition coefficient (Wildman–Crippen LogP) is 1.44. The number of benzene rings is 2. The van der Waals surface area contributed by atoms with Gasteiger partial charge in [0.05, 0.1) is 16.7 Å². The second-order valence-corrected chi connectivity index (χ2v) is 6.67. The zero-order valence-corrected chi connectivity index (χ0v) is 15.2. The maximum Gasteiger partial charge on any atom is 0.227 e. The fraction of sp³-hybridized carbons (Fsp3) is 0.316. The minimum absolute atomic E-state index is 0.752. The first-order valence-corrected chi connectivity index (χ1v) is 8.90. The summed E-state index contributed by atoms with van der Waals surface area (Å²) in [6, 6.07) is 14.3. The van der Waals surface area contributed by atoms with E-state index in [4.69, 9.17) is 5.73 Å². The van der Waals surface area contributed by atoms with Gasteiger partial charge in [-0.15, -0.1) is 5.10 Å². The lowest BCUT2D eigenvalue weighted by Crippen LogP contribution is -2.43. The van der Waals surface area contributed by atoms with Crippen LogP contribution in [0.5, 0.6) is 0 Å². The Morgan fingerprint density at radius 1 is 0.962 bits per heavy atom. The minimum atomic E-state index is 0.752. The Labute approximate surface area is 152 Å². The molecule has 1 aromatic heterocycles. The van der Waals surface area contributed by atoms with E-state index in [1.807, 2.05) is 36.9 Å². The van der Waals surface area contributed by atoms with Crippen LogP contribution in [0.3, 0.4) is 0 Å². The van der Waals surface area contributed by atoms with Crippen LogP contribution in [0.1, 0.15) is 0 Å². The van der Waals surface area contributed by atoms with Crippen LogP contribution in [-0.4, -0.2) is 35.3 Å². The highest BCUT2D eigenvalue weighted by atomic mass is 15.3. The fourth-order valence-corrected chi connectivity index (χ4v) is 3.47. The molecular weight excluding hydrogens is 326 g/mol. The van der Waals surface area contributed by atoms with Crippen LogP contribution in [0.25, 0.3) is 11.0 Å². The number of nitrogens with two attached hydrogens (primary N) is 1. The first-order chi connectivity index (χ1) is 12.6. The van der Waals surface area contributed by atoms with E-state index in [1.165, 1.54) is 5.69 Å². The number of fused-ring (bicyclic) bond motifs is 1. The molecule has 1 fully saturated rings. The van der Waals surface area contributed by atoms with Crippen molar-refractivity contribution in [3.8, 4) is 0 Å². The smallest absolute Gasteiger partial charge is 0.227 e. The molecule has 0 atom stereocenters. The zero-order chi connectivity index (χ0) is 18.1. The fourth-order valence-electron chi connectivity index (χ4n) is 3.47. The maximum absolute atomic E-state index is 5.92. The van der Waals surface area contributed by atoms with Crippen molar-refractivity contribution in [2.75, 3.05) is 42.2 Å². The van der Waals surface area contributed by atoms with E-state index >= 15 is 0 Å². The number of hydrogen-bond donors (Lipinski definition) is 3. The van der Waals surface area contributed by atoms with Crippen molar-refractivity contribution in [2.24, 2.45) is 19.2 Å². The third-order valence-corrected chi connectivity index (χ3v) is 4.96. The molecule has 7 heteroatoms. The summed E-state index contributed by atoms with van der Waals surface area (Å²) in [7, 11) is 4.00. The van der Waals surface area contributed by atoms with E-state index in [-0.39, 0.29) is 0 Å². The van der Waals surface area contributed by atoms with E-state index < -0.39 is 0 Å². The lowest BCUT2D eigenvalue weighted by Gasteiger charge is -2.29. The third kappa shape index (κ3) is 3.01. The Morgan fingerprint density at radius 2 is 1.65 bits per heavy atom. The van der Waals surface area contributed by atoms with Gasteiger partial charge in [0.2, 0.25) is 5.62 Å². The van der Waals surface area contributed by atoms with Crippen molar-refractivity contribution in [3.05, 3.63) is 48.1 Å². The Kier molecular flexibility index (Phi) is 4.30. The minimum Gasteiger partial charge on any atom is -0.399 e. The number of piperazine rings is 1. The number of nitrogen functional groups attached to an aromatic ring is 1. The second kappa shape index (κ2) is 6.76. The van der Waals surface area contributed by atoms with Gasteiger partial charge in [-0.2, -0.15) is 0 Å². The van der Waals surface area contributed by atoms with Crippen molar-refractivity contribution < 1.29 is 0 Å². The highest BCUT2D eigenvalue weighted by Crippen LogP contribution is 2.18. The van der Waals surface area contributed by atoms with Gasteiger partial charge in [0, 0.05) is 51.6 Å². The molecule has 0 aliphatic carbocycles. The molecule has 7 nitrogen and oxygen atoms in total. The number of anilines is 3. The summed E-state index contributed by atoms with van der Waals surface area (Å²) in [6.45, 7) is 4.17. The summed E-state index contributed by atoms with van der Waals surface area (Å²) >= 11 is 0. The van der Waals surface area contributed by atoms with E-state index in [0.29, 0.717) is 0 Å². The number of imidazole rings is 1. The van der Waals surface area contributed by atoms with Crippen molar-refractivity contribution in [3.63, 3.8) is 0 Å².